The van der Waals surface area contributed by atoms with E-state index in [0.29, 0.717) is 17.1 Å². The van der Waals surface area contributed by atoms with E-state index in [4.69, 9.17) is 14.6 Å². The van der Waals surface area contributed by atoms with E-state index in [0.717, 1.165) is 0 Å². The molecule has 0 aliphatic rings. The van der Waals surface area contributed by atoms with Gasteiger partial charge >= 0.3 is 5.97 Å². The van der Waals surface area contributed by atoms with E-state index >= 15 is 0 Å². The van der Waals surface area contributed by atoms with Crippen LogP contribution in [0.4, 0.5) is 0 Å². The fraction of sp³-hybridized carbons (Fsp3) is 0.182. The van der Waals surface area contributed by atoms with Crippen molar-refractivity contribution in [1.29, 1.82) is 0 Å². The highest BCUT2D eigenvalue weighted by Gasteiger charge is 2.02. The van der Waals surface area contributed by atoms with Gasteiger partial charge in [0.15, 0.2) is 11.5 Å². The lowest BCUT2D eigenvalue weighted by molar-refractivity contribution is -0.130. The molecule has 0 radical (unpaired) electrons. The van der Waals surface area contributed by atoms with E-state index in [9.17, 15) is 4.79 Å². The third-order valence-electron chi connectivity index (χ3n) is 1.70. The number of carboxylic acid groups (broad SMARTS) is 1. The number of carboxylic acids is 1. The van der Waals surface area contributed by atoms with Gasteiger partial charge in [0.25, 0.3) is 0 Å². The van der Waals surface area contributed by atoms with Crippen molar-refractivity contribution < 1.29 is 19.4 Å². The van der Waals surface area contributed by atoms with Gasteiger partial charge in [-0.25, -0.2) is 4.79 Å². The summed E-state index contributed by atoms with van der Waals surface area (Å²) < 4.78 is 10.1. The summed E-state index contributed by atoms with van der Waals surface area (Å²) >= 11 is 0. The minimum absolute atomic E-state index is 0.523. The average molecular weight is 206 g/mol. The Kier molecular flexibility index (Phi) is 3.58. The van der Waals surface area contributed by atoms with Crippen LogP contribution in [-0.4, -0.2) is 25.3 Å². The first kappa shape index (κ1) is 10.9. The molecule has 4 heteroatoms. The van der Waals surface area contributed by atoms with E-state index in [1.54, 1.807) is 18.2 Å². The number of rotatable bonds is 2. The van der Waals surface area contributed by atoms with Crippen LogP contribution in [-0.2, 0) is 4.79 Å². The second-order valence-corrected chi connectivity index (χ2v) is 2.62. The molecule has 0 bridgehead atoms. The molecule has 1 rings (SSSR count). The molecule has 0 fully saturated rings. The quantitative estimate of drug-likeness (QED) is 0.737. The van der Waals surface area contributed by atoms with E-state index in [1.807, 2.05) is 5.92 Å². The predicted octanol–water partition coefficient (Wildman–Crippen LogP) is 1.14. The Morgan fingerprint density at radius 3 is 2.47 bits per heavy atom. The molecule has 0 atom stereocenters. The first-order chi connectivity index (χ1) is 7.17. The maximum Gasteiger partial charge on any atom is 0.382 e. The van der Waals surface area contributed by atoms with Crippen LogP contribution in [0.3, 0.4) is 0 Å². The van der Waals surface area contributed by atoms with Crippen LogP contribution < -0.4 is 9.47 Å². The van der Waals surface area contributed by atoms with Crippen molar-refractivity contribution in [3.63, 3.8) is 0 Å². The number of methoxy groups -OCH3 is 2. The van der Waals surface area contributed by atoms with Gasteiger partial charge in [-0.1, -0.05) is 5.92 Å². The number of benzene rings is 1. The van der Waals surface area contributed by atoms with Crippen molar-refractivity contribution >= 4 is 5.97 Å². The van der Waals surface area contributed by atoms with Crippen molar-refractivity contribution in [3.05, 3.63) is 23.8 Å². The molecule has 0 spiro atoms. The maximum atomic E-state index is 10.2. The third-order valence-corrected chi connectivity index (χ3v) is 1.70. The number of hydrogen-bond acceptors (Lipinski definition) is 3. The van der Waals surface area contributed by atoms with Gasteiger partial charge in [-0.05, 0) is 18.2 Å². The molecule has 0 aliphatic carbocycles. The lowest BCUT2D eigenvalue weighted by Crippen LogP contribution is -1.91. The van der Waals surface area contributed by atoms with Gasteiger partial charge in [0.2, 0.25) is 0 Å². The van der Waals surface area contributed by atoms with Gasteiger partial charge < -0.3 is 14.6 Å². The summed E-state index contributed by atoms with van der Waals surface area (Å²) in [5, 5.41) is 8.37. The van der Waals surface area contributed by atoms with E-state index < -0.39 is 5.97 Å². The summed E-state index contributed by atoms with van der Waals surface area (Å²) in [6, 6.07) is 4.96. The summed E-state index contributed by atoms with van der Waals surface area (Å²) in [5.41, 5.74) is 0.565. The minimum Gasteiger partial charge on any atom is -0.493 e. The van der Waals surface area contributed by atoms with Crippen LogP contribution >= 0.6 is 0 Å². The fourth-order valence-corrected chi connectivity index (χ4v) is 1.04. The van der Waals surface area contributed by atoms with Crippen molar-refractivity contribution in [2.24, 2.45) is 0 Å². The highest BCUT2D eigenvalue weighted by Crippen LogP contribution is 2.26. The molecule has 0 heterocycles. The fourth-order valence-electron chi connectivity index (χ4n) is 1.04. The maximum absolute atomic E-state index is 10.2. The summed E-state index contributed by atoms with van der Waals surface area (Å²) in [7, 11) is 3.03. The van der Waals surface area contributed by atoms with Gasteiger partial charge in [0.05, 0.1) is 14.2 Å². The zero-order valence-electron chi connectivity index (χ0n) is 8.40. The topological polar surface area (TPSA) is 55.8 Å². The first-order valence-corrected chi connectivity index (χ1v) is 4.14. The van der Waals surface area contributed by atoms with Gasteiger partial charge in [-0.3, -0.25) is 0 Å². The molecular weight excluding hydrogens is 196 g/mol. The van der Waals surface area contributed by atoms with Crippen molar-refractivity contribution in [2.45, 2.75) is 0 Å². The summed E-state index contributed by atoms with van der Waals surface area (Å²) in [4.78, 5) is 10.2. The lowest BCUT2D eigenvalue weighted by Gasteiger charge is -2.06. The number of hydrogen-bond donors (Lipinski definition) is 1. The Morgan fingerprint density at radius 2 is 1.93 bits per heavy atom. The van der Waals surface area contributed by atoms with Crippen molar-refractivity contribution in [1.82, 2.24) is 0 Å². The molecule has 4 nitrogen and oxygen atoms in total. The van der Waals surface area contributed by atoms with Crippen LogP contribution in [0.2, 0.25) is 0 Å². The van der Waals surface area contributed by atoms with E-state index in [-0.39, 0.29) is 0 Å². The summed E-state index contributed by atoms with van der Waals surface area (Å²) in [6.07, 6.45) is 0. The number of carbonyl (C=O) groups is 1. The van der Waals surface area contributed by atoms with Crippen LogP contribution in [0.5, 0.6) is 11.5 Å². The Balaban J connectivity index is 3.05. The molecule has 1 aromatic rings. The Morgan fingerprint density at radius 1 is 1.27 bits per heavy atom. The molecule has 0 aliphatic heterocycles. The van der Waals surface area contributed by atoms with Crippen LogP contribution in [0.15, 0.2) is 18.2 Å². The van der Waals surface area contributed by atoms with Crippen LogP contribution in [0, 0.1) is 11.8 Å². The number of aliphatic carboxylic acids is 1. The van der Waals surface area contributed by atoms with Gasteiger partial charge in [-0.2, -0.15) is 0 Å². The largest absolute Gasteiger partial charge is 0.493 e. The Labute approximate surface area is 87.4 Å². The Bertz CT molecular complexity index is 426. The molecule has 0 unspecified atom stereocenters. The zero-order chi connectivity index (χ0) is 11.3. The normalized spacial score (nSPS) is 8.67. The predicted molar refractivity (Wildman–Crippen MR) is 54.1 cm³/mol. The van der Waals surface area contributed by atoms with Crippen LogP contribution in [0.25, 0.3) is 0 Å². The molecule has 15 heavy (non-hydrogen) atoms. The van der Waals surface area contributed by atoms with Crippen LogP contribution in [0.1, 0.15) is 5.56 Å². The zero-order valence-corrected chi connectivity index (χ0v) is 8.40. The molecular formula is C11H10O4. The second-order valence-electron chi connectivity index (χ2n) is 2.62. The molecule has 0 saturated carbocycles. The Hall–Kier alpha value is -2.15. The highest BCUT2D eigenvalue weighted by atomic mass is 16.5. The molecule has 1 N–H and O–H groups in total. The van der Waals surface area contributed by atoms with E-state index in [1.165, 1.54) is 14.2 Å². The van der Waals surface area contributed by atoms with Gasteiger partial charge in [0.1, 0.15) is 0 Å². The standard InChI is InChI=1S/C11H10O4/c1-14-9-5-3-8(4-6-11(12)13)7-10(9)15-2/h3,5,7H,1-2H3,(H,12,13). The third kappa shape index (κ3) is 2.92. The second kappa shape index (κ2) is 4.91. The van der Waals surface area contributed by atoms with E-state index in [2.05, 4.69) is 5.92 Å². The van der Waals surface area contributed by atoms with Crippen molar-refractivity contribution in [3.8, 4) is 23.3 Å². The molecule has 1 aromatic carbocycles. The van der Waals surface area contributed by atoms with Crippen molar-refractivity contribution in [2.75, 3.05) is 14.2 Å². The number of ether oxygens (including phenoxy) is 2. The van der Waals surface area contributed by atoms with Gasteiger partial charge in [0, 0.05) is 11.5 Å². The molecule has 0 saturated heterocycles. The van der Waals surface area contributed by atoms with Gasteiger partial charge in [-0.15, -0.1) is 0 Å². The first-order valence-electron chi connectivity index (χ1n) is 4.14. The summed E-state index contributed by atoms with van der Waals surface area (Å²) in [5.74, 6) is 4.45. The molecule has 0 aromatic heterocycles. The summed E-state index contributed by atoms with van der Waals surface area (Å²) in [6.45, 7) is 0. The smallest absolute Gasteiger partial charge is 0.382 e. The molecule has 78 valence electrons. The average Bonchev–Trinajstić information content (AvgIpc) is 2.25. The molecule has 0 amide bonds. The lowest BCUT2D eigenvalue weighted by atomic mass is 10.2. The minimum atomic E-state index is -1.16. The SMILES string of the molecule is COc1ccc(C#CC(=O)O)cc1OC. The highest BCUT2D eigenvalue weighted by molar-refractivity contribution is 5.87. The monoisotopic (exact) mass is 206 g/mol.